The Kier molecular flexibility index (Phi) is 7.19. The van der Waals surface area contributed by atoms with Crippen LogP contribution in [-0.4, -0.2) is 45.0 Å². The normalized spacial score (nSPS) is 19.2. The second kappa shape index (κ2) is 10.6. The summed E-state index contributed by atoms with van der Waals surface area (Å²) in [5.41, 5.74) is 2.73. The molecule has 6 nitrogen and oxygen atoms in total. The molecule has 0 N–H and O–H groups in total. The molecule has 1 unspecified atom stereocenters. The Morgan fingerprint density at radius 1 is 1.10 bits per heavy atom. The molecule has 10 heteroatoms. The number of anilines is 1. The average Bonchev–Trinajstić information content (AvgIpc) is 2.93. The van der Waals surface area contributed by atoms with E-state index in [0.29, 0.717) is 35.5 Å². The van der Waals surface area contributed by atoms with Crippen LogP contribution in [0.1, 0.15) is 48.8 Å². The second-order valence-corrected chi connectivity index (χ2v) is 9.63. The number of pyridine rings is 3. The smallest absolute Gasteiger partial charge is 0.364 e. The first-order valence-corrected chi connectivity index (χ1v) is 12.6. The van der Waals surface area contributed by atoms with Crippen molar-refractivity contribution in [3.05, 3.63) is 95.3 Å². The number of aromatic nitrogens is 3. The molecule has 0 amide bonds. The van der Waals surface area contributed by atoms with E-state index in [2.05, 4.69) is 50.9 Å². The van der Waals surface area contributed by atoms with Gasteiger partial charge in [-0.3, -0.25) is 9.88 Å². The van der Waals surface area contributed by atoms with Crippen molar-refractivity contribution in [2.45, 2.75) is 44.6 Å². The number of halogens is 4. The fraction of sp³-hybridized carbons (Fsp3) is 0.310. The summed E-state index contributed by atoms with van der Waals surface area (Å²) >= 11 is 0. The van der Waals surface area contributed by atoms with Crippen LogP contribution in [0.5, 0.6) is 0 Å². The van der Waals surface area contributed by atoms with Gasteiger partial charge < -0.3 is 4.90 Å². The molecule has 0 aliphatic carbocycles. The Hall–Kier alpha value is -4.10. The van der Waals surface area contributed by atoms with Crippen LogP contribution in [0.15, 0.2) is 60.8 Å². The number of hydrogen-bond donors (Lipinski definition) is 0. The van der Waals surface area contributed by atoms with Gasteiger partial charge >= 0.3 is 6.18 Å². The first-order chi connectivity index (χ1) is 18.7. The number of benzene rings is 1. The molecular weight excluding hydrogens is 508 g/mol. The van der Waals surface area contributed by atoms with Crippen molar-refractivity contribution in [3.63, 3.8) is 0 Å². The summed E-state index contributed by atoms with van der Waals surface area (Å²) in [6.07, 6.45) is 0.0340. The number of alkyl halides is 3. The monoisotopic (exact) mass is 533 g/mol. The summed E-state index contributed by atoms with van der Waals surface area (Å²) in [5.74, 6) is -0.395. The molecule has 39 heavy (non-hydrogen) atoms. The van der Waals surface area contributed by atoms with E-state index >= 15 is 0 Å². The Morgan fingerprint density at radius 3 is 2.51 bits per heavy atom. The molecular formula is C29H25F4N6. The summed E-state index contributed by atoms with van der Waals surface area (Å²) < 4.78 is 53.5. The van der Waals surface area contributed by atoms with Gasteiger partial charge in [0, 0.05) is 31.4 Å². The molecule has 0 spiro atoms. The zero-order valence-electron chi connectivity index (χ0n) is 21.3. The van der Waals surface area contributed by atoms with Crippen LogP contribution in [0, 0.1) is 23.3 Å². The molecule has 1 radical (unpaired) electrons. The van der Waals surface area contributed by atoms with Gasteiger partial charge in [-0.15, -0.1) is 0 Å². The molecule has 3 atom stereocenters. The number of fused-ring (bicyclic) bond motifs is 1. The topological polar surface area (TPSA) is 68.9 Å². The first kappa shape index (κ1) is 26.5. The highest BCUT2D eigenvalue weighted by molar-refractivity contribution is 5.88. The number of nitrogens with zero attached hydrogens (tertiary/aromatic N) is 6. The number of hydrogen-bond acceptors (Lipinski definition) is 6. The molecule has 1 fully saturated rings. The van der Waals surface area contributed by atoms with Crippen LogP contribution in [0.3, 0.4) is 0 Å². The summed E-state index contributed by atoms with van der Waals surface area (Å²) in [5, 5.41) is 9.37. The molecule has 3 aromatic heterocycles. The van der Waals surface area contributed by atoms with Crippen molar-refractivity contribution in [1.29, 1.82) is 5.26 Å². The fourth-order valence-electron chi connectivity index (χ4n) is 5.24. The number of rotatable bonds is 5. The van der Waals surface area contributed by atoms with Crippen LogP contribution in [0.4, 0.5) is 23.2 Å². The summed E-state index contributed by atoms with van der Waals surface area (Å²) in [6.45, 7) is 5.24. The molecule has 5 rings (SSSR count). The third kappa shape index (κ3) is 5.27. The summed E-state index contributed by atoms with van der Waals surface area (Å²) in [7, 11) is 0. The minimum atomic E-state index is -4.49. The SMILES string of the molecule is CC[C@@H]1CN(c2c[c]nc3ccc(C#N)nc23)[C@@H](C)CN1C(c1ccc(F)cc1)c1ccc(C(F)(F)F)cn1. The zero-order chi connectivity index (χ0) is 27.7. The maximum atomic E-state index is 13.8. The van der Waals surface area contributed by atoms with Crippen molar-refractivity contribution >= 4 is 16.7 Å². The lowest BCUT2D eigenvalue weighted by atomic mass is 9.94. The van der Waals surface area contributed by atoms with Crippen LogP contribution < -0.4 is 4.90 Å². The second-order valence-electron chi connectivity index (χ2n) is 9.63. The molecule has 0 bridgehead atoms. The molecule has 4 aromatic rings. The van der Waals surface area contributed by atoms with Crippen LogP contribution in [0.25, 0.3) is 11.0 Å². The van der Waals surface area contributed by atoms with E-state index < -0.39 is 23.6 Å². The van der Waals surface area contributed by atoms with Crippen LogP contribution in [0.2, 0.25) is 0 Å². The molecule has 1 aromatic carbocycles. The average molecular weight is 534 g/mol. The lowest BCUT2D eigenvalue weighted by Gasteiger charge is -2.49. The molecule has 1 saturated heterocycles. The Labute approximate surface area is 223 Å². The number of piperazine rings is 1. The minimum Gasteiger partial charge on any atom is -0.364 e. The van der Waals surface area contributed by atoms with E-state index in [1.54, 1.807) is 30.3 Å². The van der Waals surface area contributed by atoms with Crippen molar-refractivity contribution in [3.8, 4) is 6.07 Å². The largest absolute Gasteiger partial charge is 0.417 e. The van der Waals surface area contributed by atoms with Gasteiger partial charge in [-0.2, -0.15) is 18.4 Å². The minimum absolute atomic E-state index is 0.0253. The highest BCUT2D eigenvalue weighted by Crippen LogP contribution is 2.37. The molecule has 199 valence electrons. The van der Waals surface area contributed by atoms with E-state index in [1.165, 1.54) is 18.2 Å². The first-order valence-electron chi connectivity index (χ1n) is 12.6. The predicted octanol–water partition coefficient (Wildman–Crippen LogP) is 5.93. The molecule has 4 heterocycles. The highest BCUT2D eigenvalue weighted by Gasteiger charge is 2.38. The fourth-order valence-corrected chi connectivity index (χ4v) is 5.24. The third-order valence-corrected chi connectivity index (χ3v) is 7.19. The van der Waals surface area contributed by atoms with Gasteiger partial charge in [0.15, 0.2) is 0 Å². The van der Waals surface area contributed by atoms with Gasteiger partial charge in [-0.25, -0.2) is 14.4 Å². The van der Waals surface area contributed by atoms with Gasteiger partial charge in [0.05, 0.1) is 34.7 Å². The van der Waals surface area contributed by atoms with E-state index in [1.807, 2.05) is 0 Å². The molecule has 1 aliphatic rings. The van der Waals surface area contributed by atoms with Crippen molar-refractivity contribution in [1.82, 2.24) is 19.9 Å². The zero-order valence-corrected chi connectivity index (χ0v) is 21.3. The lowest BCUT2D eigenvalue weighted by Crippen LogP contribution is -2.58. The highest BCUT2D eigenvalue weighted by atomic mass is 19.4. The van der Waals surface area contributed by atoms with Crippen LogP contribution in [-0.2, 0) is 6.18 Å². The van der Waals surface area contributed by atoms with Gasteiger partial charge in [-0.1, -0.05) is 19.1 Å². The Bertz CT molecular complexity index is 1500. The van der Waals surface area contributed by atoms with Gasteiger partial charge in [-0.05, 0) is 61.4 Å². The van der Waals surface area contributed by atoms with Crippen molar-refractivity contribution < 1.29 is 17.6 Å². The van der Waals surface area contributed by atoms with Gasteiger partial charge in [0.1, 0.15) is 23.1 Å². The number of nitriles is 1. The predicted molar refractivity (Wildman–Crippen MR) is 138 cm³/mol. The quantitative estimate of drug-likeness (QED) is 0.296. The van der Waals surface area contributed by atoms with Crippen LogP contribution >= 0.6 is 0 Å². The third-order valence-electron chi connectivity index (χ3n) is 7.19. The Balaban J connectivity index is 1.54. The van der Waals surface area contributed by atoms with Crippen molar-refractivity contribution in [2.75, 3.05) is 18.0 Å². The Morgan fingerprint density at radius 2 is 1.87 bits per heavy atom. The van der Waals surface area contributed by atoms with Crippen molar-refractivity contribution in [2.24, 2.45) is 0 Å². The maximum absolute atomic E-state index is 13.8. The standard InChI is InChI=1S/C29H25F4N6/c1-3-23-17-38(26-12-13-35-24-11-9-22(14-34)37-27(24)26)18(2)16-39(23)28(19-4-7-21(30)8-5-19)25-10-6-20(15-36-25)29(31,32)33/h4-12,15,18,23,28H,3,16-17H2,1-2H3/t18-,23+,28?/m0/s1. The van der Waals surface area contributed by atoms with E-state index in [9.17, 15) is 22.8 Å². The van der Waals surface area contributed by atoms with Gasteiger partial charge in [0.25, 0.3) is 0 Å². The van der Waals surface area contributed by atoms with E-state index in [0.717, 1.165) is 29.9 Å². The summed E-state index contributed by atoms with van der Waals surface area (Å²) in [4.78, 5) is 17.4. The molecule has 0 saturated carbocycles. The lowest BCUT2D eigenvalue weighted by molar-refractivity contribution is -0.137. The van der Waals surface area contributed by atoms with Gasteiger partial charge in [0.2, 0.25) is 0 Å². The maximum Gasteiger partial charge on any atom is 0.417 e. The van der Waals surface area contributed by atoms with E-state index in [4.69, 9.17) is 0 Å². The van der Waals surface area contributed by atoms with E-state index in [-0.39, 0.29) is 12.1 Å². The summed E-state index contributed by atoms with van der Waals surface area (Å²) in [6, 6.07) is 15.1. The molecule has 1 aliphatic heterocycles.